The van der Waals surface area contributed by atoms with Gasteiger partial charge in [-0.05, 0) is 51.2 Å². The second-order valence-corrected chi connectivity index (χ2v) is 7.42. The first kappa shape index (κ1) is 20.0. The van der Waals surface area contributed by atoms with Crippen LogP contribution in [-0.2, 0) is 6.18 Å². The number of rotatable bonds is 2. The van der Waals surface area contributed by atoms with Gasteiger partial charge in [-0.2, -0.15) is 18.4 Å². The van der Waals surface area contributed by atoms with Gasteiger partial charge in [0.05, 0.1) is 23.0 Å². The van der Waals surface area contributed by atoms with Crippen LogP contribution in [0, 0.1) is 18.3 Å². The Kier molecular flexibility index (Phi) is 4.81. The van der Waals surface area contributed by atoms with Crippen LogP contribution in [0.2, 0.25) is 0 Å². The molecule has 3 rings (SSSR count). The first-order valence-electron chi connectivity index (χ1n) is 8.34. The Hall–Kier alpha value is -2.70. The first-order chi connectivity index (χ1) is 13.0. The highest BCUT2D eigenvalue weighted by molar-refractivity contribution is 7.80. The smallest absolute Gasteiger partial charge is 0.371 e. The minimum Gasteiger partial charge on any atom is -0.371 e. The Bertz CT molecular complexity index is 967. The predicted octanol–water partition coefficient (Wildman–Crippen LogP) is 3.99. The minimum atomic E-state index is -4.76. The van der Waals surface area contributed by atoms with Gasteiger partial charge in [0.1, 0.15) is 6.07 Å². The quantitative estimate of drug-likeness (QED) is 0.761. The lowest BCUT2D eigenvalue weighted by atomic mass is 10.0. The van der Waals surface area contributed by atoms with Crippen molar-refractivity contribution < 1.29 is 18.3 Å². The van der Waals surface area contributed by atoms with Crippen molar-refractivity contribution in [1.82, 2.24) is 4.98 Å². The van der Waals surface area contributed by atoms with Crippen LogP contribution >= 0.6 is 12.2 Å². The van der Waals surface area contributed by atoms with Crippen molar-refractivity contribution in [3.05, 3.63) is 53.3 Å². The maximum Gasteiger partial charge on any atom is 0.419 e. The Labute approximate surface area is 165 Å². The molecule has 1 atom stereocenters. The van der Waals surface area contributed by atoms with Crippen molar-refractivity contribution >= 4 is 28.7 Å². The second-order valence-electron chi connectivity index (χ2n) is 7.05. The van der Waals surface area contributed by atoms with E-state index in [0.717, 1.165) is 17.8 Å². The van der Waals surface area contributed by atoms with Crippen LogP contribution in [0.15, 0.2) is 36.5 Å². The van der Waals surface area contributed by atoms with E-state index in [9.17, 15) is 18.3 Å². The molecule has 0 radical (unpaired) electrons. The summed E-state index contributed by atoms with van der Waals surface area (Å²) in [7, 11) is 0. The molecule has 1 N–H and O–H groups in total. The van der Waals surface area contributed by atoms with E-state index in [1.807, 2.05) is 31.2 Å². The molecule has 28 heavy (non-hydrogen) atoms. The van der Waals surface area contributed by atoms with Gasteiger partial charge in [0.2, 0.25) is 0 Å². The van der Waals surface area contributed by atoms with Gasteiger partial charge < -0.3 is 10.0 Å². The summed E-state index contributed by atoms with van der Waals surface area (Å²) in [6.45, 7) is 5.41. The fraction of sp³-hybridized carbons (Fsp3) is 0.316. The maximum atomic E-state index is 13.3. The number of thiocarbonyl (C=S) groups is 1. The van der Waals surface area contributed by atoms with E-state index in [1.165, 1.54) is 11.0 Å². The molecule has 0 saturated carbocycles. The molecule has 146 valence electrons. The summed E-state index contributed by atoms with van der Waals surface area (Å²) < 4.78 is 39.9. The summed E-state index contributed by atoms with van der Waals surface area (Å²) in [6.07, 6.45) is -4.87. The molecule has 0 spiro atoms. The van der Waals surface area contributed by atoms with Gasteiger partial charge in [0, 0.05) is 5.69 Å². The number of pyridine rings is 1. The van der Waals surface area contributed by atoms with Crippen molar-refractivity contribution in [2.45, 2.75) is 38.7 Å². The van der Waals surface area contributed by atoms with E-state index >= 15 is 0 Å². The summed E-state index contributed by atoms with van der Waals surface area (Å²) in [6, 6.07) is 9.66. The van der Waals surface area contributed by atoms with Gasteiger partial charge in [0.25, 0.3) is 0 Å². The summed E-state index contributed by atoms with van der Waals surface area (Å²) in [5.41, 5.74) is -1.11. The van der Waals surface area contributed by atoms with E-state index in [2.05, 4.69) is 4.98 Å². The molecule has 1 fully saturated rings. The number of aliphatic hydroxyl groups is 1. The van der Waals surface area contributed by atoms with Crippen molar-refractivity contribution in [3.63, 3.8) is 0 Å². The fourth-order valence-corrected chi connectivity index (χ4v) is 3.72. The second kappa shape index (κ2) is 6.72. The summed E-state index contributed by atoms with van der Waals surface area (Å²) in [4.78, 5) is 6.54. The number of aliphatic hydroxyl groups excluding tert-OH is 1. The van der Waals surface area contributed by atoms with E-state index in [0.29, 0.717) is 5.69 Å². The average Bonchev–Trinajstić information content (AvgIpc) is 2.79. The third-order valence-corrected chi connectivity index (χ3v) is 5.08. The Morgan fingerprint density at radius 3 is 2.36 bits per heavy atom. The lowest BCUT2D eigenvalue weighted by Gasteiger charge is -2.33. The molecule has 5 nitrogen and oxygen atoms in total. The molecule has 0 aliphatic carbocycles. The van der Waals surface area contributed by atoms with Gasteiger partial charge in [-0.1, -0.05) is 17.7 Å². The average molecular weight is 406 g/mol. The number of alkyl halides is 3. The Morgan fingerprint density at radius 2 is 1.82 bits per heavy atom. The van der Waals surface area contributed by atoms with Gasteiger partial charge in [-0.3, -0.25) is 4.90 Å². The number of nitrogens with zero attached hydrogens (tertiary/aromatic N) is 4. The van der Waals surface area contributed by atoms with Crippen molar-refractivity contribution in [1.29, 1.82) is 5.26 Å². The maximum absolute atomic E-state index is 13.3. The Morgan fingerprint density at radius 1 is 1.21 bits per heavy atom. The number of anilines is 2. The normalized spacial score (nSPS) is 19.1. The molecule has 1 saturated heterocycles. The number of halogens is 3. The van der Waals surface area contributed by atoms with Crippen LogP contribution in [0.4, 0.5) is 24.5 Å². The molecule has 1 aromatic carbocycles. The zero-order valence-electron chi connectivity index (χ0n) is 15.3. The minimum absolute atomic E-state index is 0.0356. The highest BCUT2D eigenvalue weighted by Crippen LogP contribution is 2.40. The van der Waals surface area contributed by atoms with Gasteiger partial charge >= 0.3 is 6.18 Å². The van der Waals surface area contributed by atoms with Gasteiger partial charge in [0.15, 0.2) is 17.0 Å². The van der Waals surface area contributed by atoms with Crippen LogP contribution in [0.3, 0.4) is 0 Å². The lowest BCUT2D eigenvalue weighted by Crippen LogP contribution is -2.47. The van der Waals surface area contributed by atoms with Gasteiger partial charge in [-0.15, -0.1) is 0 Å². The molecule has 2 aromatic rings. The highest BCUT2D eigenvalue weighted by atomic mass is 32.1. The largest absolute Gasteiger partial charge is 0.419 e. The molecular weight excluding hydrogens is 389 g/mol. The van der Waals surface area contributed by atoms with Crippen LogP contribution in [-0.4, -0.2) is 27.0 Å². The molecule has 9 heteroatoms. The first-order valence-corrected chi connectivity index (χ1v) is 8.75. The zero-order valence-corrected chi connectivity index (χ0v) is 16.1. The predicted molar refractivity (Wildman–Crippen MR) is 103 cm³/mol. The van der Waals surface area contributed by atoms with Gasteiger partial charge in [-0.25, -0.2) is 4.98 Å². The van der Waals surface area contributed by atoms with E-state index in [-0.39, 0.29) is 10.8 Å². The molecule has 2 heterocycles. The third kappa shape index (κ3) is 3.19. The molecular formula is C19H17F3N4OS. The Balaban J connectivity index is 2.10. The molecule has 1 unspecified atom stereocenters. The fourth-order valence-electron chi connectivity index (χ4n) is 3.17. The monoisotopic (exact) mass is 406 g/mol. The number of hydrogen-bond donors (Lipinski definition) is 1. The summed E-state index contributed by atoms with van der Waals surface area (Å²) in [5, 5.41) is 19.9. The number of hydrogen-bond acceptors (Lipinski definition) is 4. The standard InChI is InChI=1S/C19H17F3N4OS/c1-11-4-6-12(7-5-11)26-17(28)25(16(27)18(26,2)3)13-8-14(19(20,21)22)15(9-23)24-10-13/h4-8,10,16,27H,1-3H3. The van der Waals surface area contributed by atoms with Crippen LogP contribution in [0.1, 0.15) is 30.7 Å². The summed E-state index contributed by atoms with van der Waals surface area (Å²) >= 11 is 5.50. The molecule has 1 aromatic heterocycles. The topological polar surface area (TPSA) is 63.4 Å². The van der Waals surface area contributed by atoms with Crippen LogP contribution < -0.4 is 9.80 Å². The zero-order chi connectivity index (χ0) is 20.9. The number of aryl methyl sites for hydroxylation is 1. The molecule has 1 aliphatic heterocycles. The highest BCUT2D eigenvalue weighted by Gasteiger charge is 2.50. The van der Waals surface area contributed by atoms with E-state index in [4.69, 9.17) is 17.5 Å². The van der Waals surface area contributed by atoms with E-state index < -0.39 is 29.2 Å². The van der Waals surface area contributed by atoms with Crippen molar-refractivity contribution in [3.8, 4) is 6.07 Å². The SMILES string of the molecule is Cc1ccc(N2C(=S)N(c3cnc(C#N)c(C(F)(F)F)c3)C(O)C2(C)C)cc1. The number of nitriles is 1. The summed E-state index contributed by atoms with van der Waals surface area (Å²) in [5.74, 6) is 0. The van der Waals surface area contributed by atoms with E-state index in [1.54, 1.807) is 18.7 Å². The lowest BCUT2D eigenvalue weighted by molar-refractivity contribution is -0.138. The van der Waals surface area contributed by atoms with Crippen molar-refractivity contribution in [2.75, 3.05) is 9.80 Å². The van der Waals surface area contributed by atoms with Crippen LogP contribution in [0.25, 0.3) is 0 Å². The van der Waals surface area contributed by atoms with Crippen LogP contribution in [0.5, 0.6) is 0 Å². The molecule has 0 bridgehead atoms. The number of aromatic nitrogens is 1. The third-order valence-electron chi connectivity index (χ3n) is 4.71. The van der Waals surface area contributed by atoms with Crippen molar-refractivity contribution in [2.24, 2.45) is 0 Å². The molecule has 1 aliphatic rings. The molecule has 0 amide bonds. The number of benzene rings is 1.